The minimum atomic E-state index is -0.964. The van der Waals surface area contributed by atoms with E-state index in [0.717, 1.165) is 13.1 Å². The van der Waals surface area contributed by atoms with Crippen LogP contribution in [0.3, 0.4) is 0 Å². The van der Waals surface area contributed by atoms with Gasteiger partial charge in [-0.15, -0.1) is 0 Å². The van der Waals surface area contributed by atoms with Crippen LogP contribution in [0, 0.1) is 17.8 Å². The van der Waals surface area contributed by atoms with Crippen molar-refractivity contribution in [2.75, 3.05) is 13.1 Å². The molecule has 0 aromatic carbocycles. The summed E-state index contributed by atoms with van der Waals surface area (Å²) in [6.07, 6.45) is 0.447. The van der Waals surface area contributed by atoms with Crippen LogP contribution in [0.2, 0.25) is 0 Å². The molecule has 0 aliphatic heterocycles. The second kappa shape index (κ2) is 9.82. The predicted molar refractivity (Wildman–Crippen MR) is 89.7 cm³/mol. The topological polar surface area (TPSA) is 69.6 Å². The first-order valence-electron chi connectivity index (χ1n) is 8.31. The number of amides is 1. The van der Waals surface area contributed by atoms with Gasteiger partial charge >= 0.3 is 5.97 Å². The van der Waals surface area contributed by atoms with Gasteiger partial charge in [0.1, 0.15) is 6.04 Å². The molecule has 0 rings (SSSR count). The number of aliphatic carboxylic acids is 1. The van der Waals surface area contributed by atoms with Crippen molar-refractivity contribution in [3.05, 3.63) is 0 Å². The highest BCUT2D eigenvalue weighted by Crippen LogP contribution is 2.10. The molecule has 0 saturated heterocycles. The minimum absolute atomic E-state index is 0.200. The third-order valence-electron chi connectivity index (χ3n) is 3.45. The molecule has 1 amide bonds. The Labute approximate surface area is 135 Å². The highest BCUT2D eigenvalue weighted by atomic mass is 16.4. The molecule has 0 aromatic rings. The summed E-state index contributed by atoms with van der Waals surface area (Å²) in [5, 5.41) is 11.9. The average Bonchev–Trinajstić information content (AvgIpc) is 2.34. The molecule has 0 fully saturated rings. The fraction of sp³-hybridized carbons (Fsp3) is 0.882. The SMILES string of the molecule is CC(C)CC(NC(=O)C(C)N(CC(C)C)CC(C)C)C(=O)O. The zero-order valence-electron chi connectivity index (χ0n) is 15.2. The number of carbonyl (C=O) groups excluding carboxylic acids is 1. The molecule has 0 heterocycles. The maximum absolute atomic E-state index is 12.4. The number of hydrogen-bond acceptors (Lipinski definition) is 3. The van der Waals surface area contributed by atoms with Crippen LogP contribution in [0.1, 0.15) is 54.9 Å². The van der Waals surface area contributed by atoms with Gasteiger partial charge in [-0.3, -0.25) is 9.69 Å². The van der Waals surface area contributed by atoms with Crippen LogP contribution in [-0.4, -0.2) is 47.1 Å². The summed E-state index contributed by atoms with van der Waals surface area (Å²) in [7, 11) is 0. The van der Waals surface area contributed by atoms with Gasteiger partial charge in [-0.25, -0.2) is 4.79 Å². The van der Waals surface area contributed by atoms with Crippen LogP contribution in [-0.2, 0) is 9.59 Å². The van der Waals surface area contributed by atoms with Crippen LogP contribution in [0.15, 0.2) is 0 Å². The van der Waals surface area contributed by atoms with Gasteiger partial charge < -0.3 is 10.4 Å². The van der Waals surface area contributed by atoms with Crippen LogP contribution in [0.25, 0.3) is 0 Å². The molecule has 0 spiro atoms. The van der Waals surface area contributed by atoms with Crippen LogP contribution >= 0.6 is 0 Å². The van der Waals surface area contributed by atoms with Crippen molar-refractivity contribution in [3.8, 4) is 0 Å². The number of carboxylic acid groups (broad SMARTS) is 1. The molecule has 2 N–H and O–H groups in total. The van der Waals surface area contributed by atoms with E-state index in [1.54, 1.807) is 0 Å². The Morgan fingerprint density at radius 3 is 1.68 bits per heavy atom. The first-order chi connectivity index (χ1) is 10.0. The van der Waals surface area contributed by atoms with Gasteiger partial charge in [0.05, 0.1) is 6.04 Å². The lowest BCUT2D eigenvalue weighted by molar-refractivity contribution is -0.143. The molecule has 5 nitrogen and oxygen atoms in total. The molecule has 0 radical (unpaired) electrons. The van der Waals surface area contributed by atoms with Crippen molar-refractivity contribution in [2.45, 2.75) is 67.0 Å². The summed E-state index contributed by atoms with van der Waals surface area (Å²) in [5.74, 6) is -0.0260. The van der Waals surface area contributed by atoms with E-state index in [4.69, 9.17) is 0 Å². The highest BCUT2D eigenvalue weighted by Gasteiger charge is 2.27. The summed E-state index contributed by atoms with van der Waals surface area (Å²) in [5.41, 5.74) is 0. The van der Waals surface area contributed by atoms with E-state index in [0.29, 0.717) is 18.3 Å². The van der Waals surface area contributed by atoms with Crippen molar-refractivity contribution in [2.24, 2.45) is 17.8 Å². The minimum Gasteiger partial charge on any atom is -0.480 e. The van der Waals surface area contributed by atoms with Crippen LogP contribution in [0.5, 0.6) is 0 Å². The fourth-order valence-corrected chi connectivity index (χ4v) is 2.48. The molecule has 0 aliphatic rings. The van der Waals surface area contributed by atoms with Gasteiger partial charge in [-0.05, 0) is 31.1 Å². The van der Waals surface area contributed by atoms with Crippen molar-refractivity contribution >= 4 is 11.9 Å². The second-order valence-corrected chi connectivity index (χ2v) is 7.45. The van der Waals surface area contributed by atoms with Gasteiger partial charge in [0.2, 0.25) is 5.91 Å². The maximum atomic E-state index is 12.4. The Morgan fingerprint density at radius 1 is 0.909 bits per heavy atom. The molecule has 0 aromatic heterocycles. The summed E-state index contributed by atoms with van der Waals surface area (Å²) in [6.45, 7) is 15.9. The molecular weight excluding hydrogens is 280 g/mol. The first kappa shape index (κ1) is 20.9. The largest absolute Gasteiger partial charge is 0.480 e. The quantitative estimate of drug-likeness (QED) is 0.650. The van der Waals surface area contributed by atoms with Crippen molar-refractivity contribution in [1.29, 1.82) is 0 Å². The Hall–Kier alpha value is -1.10. The summed E-state index contributed by atoms with van der Waals surface area (Å²) >= 11 is 0. The number of carboxylic acids is 1. The molecule has 2 atom stereocenters. The lowest BCUT2D eigenvalue weighted by Crippen LogP contribution is -2.52. The van der Waals surface area contributed by atoms with Gasteiger partial charge in [0, 0.05) is 13.1 Å². The monoisotopic (exact) mass is 314 g/mol. The molecule has 0 bridgehead atoms. The van der Waals surface area contributed by atoms with Gasteiger partial charge in [-0.1, -0.05) is 41.5 Å². The van der Waals surface area contributed by atoms with Crippen LogP contribution < -0.4 is 5.32 Å². The van der Waals surface area contributed by atoms with Gasteiger partial charge in [0.15, 0.2) is 0 Å². The van der Waals surface area contributed by atoms with Crippen molar-refractivity contribution < 1.29 is 14.7 Å². The van der Waals surface area contributed by atoms with E-state index in [-0.39, 0.29) is 17.9 Å². The highest BCUT2D eigenvalue weighted by molar-refractivity contribution is 5.86. The van der Waals surface area contributed by atoms with E-state index >= 15 is 0 Å². The molecular formula is C17H34N2O3. The zero-order chi connectivity index (χ0) is 17.4. The standard InChI is InChI=1S/C17H34N2O3/c1-11(2)8-15(17(21)22)18-16(20)14(7)19(9-12(3)4)10-13(5)6/h11-15H,8-10H2,1-7H3,(H,18,20)(H,21,22). The Bertz CT molecular complexity index is 344. The summed E-state index contributed by atoms with van der Waals surface area (Å²) < 4.78 is 0. The molecule has 0 saturated carbocycles. The first-order valence-corrected chi connectivity index (χ1v) is 8.31. The molecule has 0 aliphatic carbocycles. The Kier molecular flexibility index (Phi) is 9.33. The fourth-order valence-electron chi connectivity index (χ4n) is 2.48. The smallest absolute Gasteiger partial charge is 0.326 e. The molecule has 130 valence electrons. The maximum Gasteiger partial charge on any atom is 0.326 e. The summed E-state index contributed by atoms with van der Waals surface area (Å²) in [6, 6.07) is -1.13. The van der Waals surface area contributed by atoms with Crippen molar-refractivity contribution in [3.63, 3.8) is 0 Å². The van der Waals surface area contributed by atoms with Crippen molar-refractivity contribution in [1.82, 2.24) is 10.2 Å². The van der Waals surface area contributed by atoms with E-state index in [2.05, 4.69) is 37.9 Å². The second-order valence-electron chi connectivity index (χ2n) is 7.45. The van der Waals surface area contributed by atoms with E-state index < -0.39 is 12.0 Å². The van der Waals surface area contributed by atoms with E-state index in [1.807, 2.05) is 20.8 Å². The lowest BCUT2D eigenvalue weighted by atomic mass is 10.0. The number of hydrogen-bond donors (Lipinski definition) is 2. The molecule has 22 heavy (non-hydrogen) atoms. The van der Waals surface area contributed by atoms with Gasteiger partial charge in [0.25, 0.3) is 0 Å². The number of carbonyl (C=O) groups is 2. The van der Waals surface area contributed by atoms with E-state index in [9.17, 15) is 14.7 Å². The number of nitrogens with one attached hydrogen (secondary N) is 1. The van der Waals surface area contributed by atoms with Crippen LogP contribution in [0.4, 0.5) is 0 Å². The average molecular weight is 314 g/mol. The lowest BCUT2D eigenvalue weighted by Gasteiger charge is -2.32. The van der Waals surface area contributed by atoms with E-state index in [1.165, 1.54) is 0 Å². The summed E-state index contributed by atoms with van der Waals surface area (Å²) in [4.78, 5) is 25.9. The Balaban J connectivity index is 4.85. The number of rotatable bonds is 10. The number of nitrogens with zero attached hydrogens (tertiary/aromatic N) is 1. The molecule has 2 unspecified atom stereocenters. The predicted octanol–water partition coefficient (Wildman–Crippen LogP) is 2.60. The zero-order valence-corrected chi connectivity index (χ0v) is 15.2. The third-order valence-corrected chi connectivity index (χ3v) is 3.45. The molecule has 5 heteroatoms. The Morgan fingerprint density at radius 2 is 1.36 bits per heavy atom. The normalized spacial score (nSPS) is 14.7. The van der Waals surface area contributed by atoms with Gasteiger partial charge in [-0.2, -0.15) is 0 Å². The third kappa shape index (κ3) is 8.37.